The first-order valence-electron chi connectivity index (χ1n) is 13.4. The van der Waals surface area contributed by atoms with E-state index in [1.807, 2.05) is 45.9 Å². The number of allylic oxidation sites excluding steroid dienone is 4. The molecule has 1 aliphatic heterocycles. The van der Waals surface area contributed by atoms with E-state index in [4.69, 9.17) is 0 Å². The summed E-state index contributed by atoms with van der Waals surface area (Å²) >= 11 is 0. The highest BCUT2D eigenvalue weighted by Crippen LogP contribution is 2.35. The van der Waals surface area contributed by atoms with Crippen LogP contribution in [0.25, 0.3) is 16.5 Å². The maximum absolute atomic E-state index is 13.8. The van der Waals surface area contributed by atoms with Gasteiger partial charge in [0.25, 0.3) is 0 Å². The summed E-state index contributed by atoms with van der Waals surface area (Å²) in [5.41, 5.74) is 6.18. The summed E-state index contributed by atoms with van der Waals surface area (Å²) in [5.74, 6) is 1.07. The number of hydrogen-bond donors (Lipinski definition) is 2. The predicted octanol–water partition coefficient (Wildman–Crippen LogP) is 6.15. The number of fused-ring (bicyclic) bond motifs is 1. The molecule has 0 bridgehead atoms. The summed E-state index contributed by atoms with van der Waals surface area (Å²) < 4.78 is 27.6. The van der Waals surface area contributed by atoms with Crippen molar-refractivity contribution in [3.8, 4) is 0 Å². The third-order valence-electron chi connectivity index (χ3n) is 7.38. The molecule has 1 saturated heterocycles. The quantitative estimate of drug-likeness (QED) is 0.234. The first-order valence-corrected chi connectivity index (χ1v) is 13.4. The number of benzene rings is 1. The summed E-state index contributed by atoms with van der Waals surface area (Å²) in [6.45, 7) is 9.93. The van der Waals surface area contributed by atoms with Gasteiger partial charge >= 0.3 is 0 Å². The molecule has 38 heavy (non-hydrogen) atoms. The molecule has 2 heterocycles. The van der Waals surface area contributed by atoms with Gasteiger partial charge in [0, 0.05) is 42.8 Å². The van der Waals surface area contributed by atoms with E-state index >= 15 is 0 Å². The van der Waals surface area contributed by atoms with Crippen molar-refractivity contribution in [1.82, 2.24) is 15.2 Å². The van der Waals surface area contributed by atoms with E-state index in [0.717, 1.165) is 65.8 Å². The molecule has 1 aliphatic rings. The number of likely N-dealkylation sites (N-methyl/N-ethyl adjacent to an activating group) is 1. The molecule has 8 heteroatoms. The molecule has 1 fully saturated rings. The van der Waals surface area contributed by atoms with Crippen molar-refractivity contribution in [3.63, 3.8) is 0 Å². The molecule has 3 rings (SSSR count). The van der Waals surface area contributed by atoms with Crippen LogP contribution >= 0.6 is 0 Å². The maximum atomic E-state index is 13.8. The fraction of sp³-hybridized carbons (Fsp3) is 0.500. The van der Waals surface area contributed by atoms with Crippen molar-refractivity contribution in [1.29, 1.82) is 0 Å². The van der Waals surface area contributed by atoms with Crippen molar-refractivity contribution in [2.75, 3.05) is 33.7 Å². The van der Waals surface area contributed by atoms with E-state index in [1.165, 1.54) is 5.56 Å². The Hall–Kier alpha value is -3.13. The molecule has 0 atom stereocenters. The molecule has 2 aromatic rings. The first kappa shape index (κ1) is 29.4. The summed E-state index contributed by atoms with van der Waals surface area (Å²) in [5, 5.41) is 3.54. The highest BCUT2D eigenvalue weighted by molar-refractivity contribution is 6.08. The second kappa shape index (κ2) is 13.6. The number of rotatable bonds is 9. The fourth-order valence-corrected chi connectivity index (χ4v) is 5.15. The molecule has 206 valence electrons. The molecule has 0 saturated carbocycles. The molecular formula is C30H41F2N5O. The summed E-state index contributed by atoms with van der Waals surface area (Å²) in [6.07, 6.45) is 3.83. The van der Waals surface area contributed by atoms with Gasteiger partial charge < -0.3 is 10.3 Å². The van der Waals surface area contributed by atoms with Gasteiger partial charge in [-0.2, -0.15) is 0 Å². The van der Waals surface area contributed by atoms with E-state index in [9.17, 15) is 13.6 Å². The largest absolute Gasteiger partial charge is 0.358 e. The van der Waals surface area contributed by atoms with Gasteiger partial charge in [-0.15, -0.1) is 0 Å². The third-order valence-corrected chi connectivity index (χ3v) is 7.38. The molecule has 6 nitrogen and oxygen atoms in total. The molecule has 0 unspecified atom stereocenters. The van der Waals surface area contributed by atoms with Gasteiger partial charge in [0.15, 0.2) is 0 Å². The number of amidine groups is 1. The van der Waals surface area contributed by atoms with Crippen LogP contribution in [0.5, 0.6) is 0 Å². The van der Waals surface area contributed by atoms with Gasteiger partial charge in [0.2, 0.25) is 12.3 Å². The number of nitrogens with zero attached hydrogens (tertiary/aromatic N) is 3. The van der Waals surface area contributed by atoms with Crippen LogP contribution in [-0.4, -0.2) is 67.5 Å². The minimum Gasteiger partial charge on any atom is -0.358 e. The Bertz CT molecular complexity index is 1250. The number of hydrogen-bond acceptors (Lipinski definition) is 3. The molecule has 2 N–H and O–H groups in total. The number of carbonyl (C=O) groups excluding carboxylic acids is 1. The van der Waals surface area contributed by atoms with Gasteiger partial charge in [-0.3, -0.25) is 14.7 Å². The minimum atomic E-state index is -2.45. The summed E-state index contributed by atoms with van der Waals surface area (Å²) in [6, 6.07) is 6.22. The number of aromatic nitrogens is 1. The van der Waals surface area contributed by atoms with Crippen molar-refractivity contribution in [3.05, 3.63) is 52.7 Å². The highest BCUT2D eigenvalue weighted by atomic mass is 19.3. The zero-order valence-corrected chi connectivity index (χ0v) is 23.5. The maximum Gasteiger partial charge on any atom is 0.242 e. The number of halogens is 2. The lowest BCUT2D eigenvalue weighted by Crippen LogP contribution is -2.40. The molecule has 1 aromatic carbocycles. The first-order chi connectivity index (χ1) is 18.2. The minimum absolute atomic E-state index is 0.0244. The summed E-state index contributed by atoms with van der Waals surface area (Å²) in [4.78, 5) is 26.1. The molecular weight excluding hydrogens is 484 g/mol. The van der Waals surface area contributed by atoms with E-state index < -0.39 is 6.43 Å². The van der Waals surface area contributed by atoms with E-state index in [0.29, 0.717) is 23.9 Å². The second-order valence-electron chi connectivity index (χ2n) is 9.86. The van der Waals surface area contributed by atoms with Crippen LogP contribution in [0.1, 0.15) is 69.7 Å². The Kier molecular flexibility index (Phi) is 10.5. The SMILES string of the molecule is C/C=C(\C=C(\C)C(CC)=NC(C)=NC)c1[nH]c2ccc(C3CCN(CC(=O)NC)CC3)cc2c1CC(F)F. The van der Waals surface area contributed by atoms with Crippen LogP contribution in [0, 0.1) is 0 Å². The van der Waals surface area contributed by atoms with Crippen LogP contribution in [0.15, 0.2) is 45.9 Å². The van der Waals surface area contributed by atoms with Crippen molar-refractivity contribution in [2.24, 2.45) is 9.98 Å². The average molecular weight is 526 g/mol. The number of piperidine rings is 1. The number of H-pyrrole nitrogens is 1. The van der Waals surface area contributed by atoms with E-state index in [1.54, 1.807) is 14.1 Å². The second-order valence-corrected chi connectivity index (χ2v) is 9.86. The highest BCUT2D eigenvalue weighted by Gasteiger charge is 2.24. The van der Waals surface area contributed by atoms with Crippen molar-refractivity contribution < 1.29 is 13.6 Å². The lowest BCUT2D eigenvalue weighted by atomic mass is 9.88. The van der Waals surface area contributed by atoms with Gasteiger partial charge in [-0.25, -0.2) is 13.8 Å². The van der Waals surface area contributed by atoms with E-state index in [-0.39, 0.29) is 12.3 Å². The summed E-state index contributed by atoms with van der Waals surface area (Å²) in [7, 11) is 3.37. The normalized spacial score (nSPS) is 17.1. The van der Waals surface area contributed by atoms with Crippen LogP contribution in [0.4, 0.5) is 8.78 Å². The number of aromatic amines is 1. The zero-order chi connectivity index (χ0) is 27.8. The number of nitrogens with one attached hydrogen (secondary N) is 2. The molecule has 1 aromatic heterocycles. The standard InChI is InChI=1S/C30H41F2N5O/c1-7-21(15-19(3)26(8-2)35-20(4)33-5)30-25(17-28(31)32)24-16-23(9-10-27(24)36-30)22-11-13-37(14-12-22)18-29(38)34-6/h7,9-10,15-16,22,28,36H,8,11-14,17-18H2,1-6H3,(H,34,38)/b19-15-,21-7+,33-20?,35-26?. The van der Waals surface area contributed by atoms with Crippen LogP contribution in [0.3, 0.4) is 0 Å². The lowest BCUT2D eigenvalue weighted by Gasteiger charge is -2.31. The zero-order valence-electron chi connectivity index (χ0n) is 23.5. The Balaban J connectivity index is 1.96. The lowest BCUT2D eigenvalue weighted by molar-refractivity contribution is -0.122. The number of aliphatic imine (C=N–C) groups is 2. The average Bonchev–Trinajstić information content (AvgIpc) is 3.26. The third kappa shape index (κ3) is 7.25. The van der Waals surface area contributed by atoms with Crippen molar-refractivity contribution in [2.45, 2.75) is 65.7 Å². The van der Waals surface area contributed by atoms with Gasteiger partial charge in [0.1, 0.15) is 5.84 Å². The molecule has 0 radical (unpaired) electrons. The number of alkyl halides is 2. The Morgan fingerprint density at radius 3 is 2.55 bits per heavy atom. The number of likely N-dealkylation sites (tertiary alicyclic amines) is 1. The van der Waals surface area contributed by atoms with Crippen molar-refractivity contribution >= 4 is 33.9 Å². The molecule has 0 aliphatic carbocycles. The Labute approximate surface area is 225 Å². The predicted molar refractivity (Wildman–Crippen MR) is 155 cm³/mol. The smallest absolute Gasteiger partial charge is 0.242 e. The van der Waals surface area contributed by atoms with Gasteiger partial charge in [-0.05, 0) is 99.5 Å². The molecule has 0 spiro atoms. The number of amides is 1. The van der Waals surface area contributed by atoms with Crippen LogP contribution in [-0.2, 0) is 11.2 Å². The van der Waals surface area contributed by atoms with Crippen LogP contribution in [0.2, 0.25) is 0 Å². The van der Waals surface area contributed by atoms with Gasteiger partial charge in [0.05, 0.1) is 6.54 Å². The topological polar surface area (TPSA) is 72.8 Å². The Morgan fingerprint density at radius 2 is 1.97 bits per heavy atom. The monoisotopic (exact) mass is 525 g/mol. The van der Waals surface area contributed by atoms with Gasteiger partial charge in [-0.1, -0.05) is 19.1 Å². The number of carbonyl (C=O) groups is 1. The van der Waals surface area contributed by atoms with Crippen LogP contribution < -0.4 is 5.32 Å². The fourth-order valence-electron chi connectivity index (χ4n) is 5.15. The Morgan fingerprint density at radius 1 is 1.26 bits per heavy atom. The molecule has 1 amide bonds. The van der Waals surface area contributed by atoms with E-state index in [2.05, 4.69) is 37.3 Å².